The lowest BCUT2D eigenvalue weighted by Gasteiger charge is -2.43. The first-order valence-corrected chi connectivity index (χ1v) is 17.3. The molecule has 1 saturated heterocycles. The van der Waals surface area contributed by atoms with E-state index >= 15 is 0 Å². The molecule has 1 aliphatic carbocycles. The van der Waals surface area contributed by atoms with Gasteiger partial charge >= 0.3 is 6.09 Å². The van der Waals surface area contributed by atoms with Crippen LogP contribution in [0, 0.1) is 17.6 Å². The lowest BCUT2D eigenvalue weighted by atomic mass is 9.90. The van der Waals surface area contributed by atoms with Crippen LogP contribution in [0.4, 0.5) is 13.6 Å². The number of hydrogen-bond donors (Lipinski definition) is 2. The fraction of sp³-hybridized carbons (Fsp3) is 0.694. The van der Waals surface area contributed by atoms with Crippen molar-refractivity contribution >= 4 is 17.9 Å². The Labute approximate surface area is 284 Å². The van der Waals surface area contributed by atoms with Crippen LogP contribution in [0.25, 0.3) is 0 Å². The Morgan fingerprint density at radius 1 is 1.08 bits per heavy atom. The molecule has 0 bridgehead atoms. The van der Waals surface area contributed by atoms with Crippen LogP contribution in [0.5, 0.6) is 0 Å². The molecule has 2 N–H and O–H groups in total. The van der Waals surface area contributed by atoms with Crippen LogP contribution >= 0.6 is 0 Å². The van der Waals surface area contributed by atoms with Crippen molar-refractivity contribution in [2.45, 2.75) is 123 Å². The minimum Gasteiger partial charge on any atom is -0.444 e. The first-order chi connectivity index (χ1) is 22.7. The van der Waals surface area contributed by atoms with Crippen molar-refractivity contribution in [3.63, 3.8) is 0 Å². The number of aliphatic hydroxyl groups is 1. The molecule has 1 aliphatic heterocycles. The number of hydrogen-bond acceptors (Lipinski definition) is 7. The summed E-state index contributed by atoms with van der Waals surface area (Å²) >= 11 is 0. The molecular formula is C36H55F2N3O7. The van der Waals surface area contributed by atoms with Gasteiger partial charge in [-0.2, -0.15) is 0 Å². The quantitative estimate of drug-likeness (QED) is 0.249. The topological polar surface area (TPSA) is 118 Å². The maximum absolute atomic E-state index is 14.2. The van der Waals surface area contributed by atoms with Crippen molar-refractivity contribution in [1.82, 2.24) is 15.1 Å². The highest BCUT2D eigenvalue weighted by Gasteiger charge is 2.42. The largest absolute Gasteiger partial charge is 0.444 e. The zero-order valence-corrected chi connectivity index (χ0v) is 29.4. The SMILES string of the molecule is CCCN(CCC)C(=O)/C=C(\C)C(=O)N[C@@H](Cc1cc(F)cc(F)c1)[C@H](O)[C@H]1CO[C@@H](OCC2CCCCC2)CN1C(=O)OC(C)(C)C. The summed E-state index contributed by atoms with van der Waals surface area (Å²) in [6.45, 7) is 12.0. The Morgan fingerprint density at radius 2 is 1.71 bits per heavy atom. The Hall–Kier alpha value is -3.09. The van der Waals surface area contributed by atoms with Gasteiger partial charge in [0.05, 0.1) is 37.9 Å². The van der Waals surface area contributed by atoms with Gasteiger partial charge in [-0.05, 0) is 83.4 Å². The van der Waals surface area contributed by atoms with Crippen molar-refractivity contribution in [3.8, 4) is 0 Å². The molecule has 48 heavy (non-hydrogen) atoms. The summed E-state index contributed by atoms with van der Waals surface area (Å²) in [5.41, 5.74) is -0.561. The zero-order chi connectivity index (χ0) is 35.4. The summed E-state index contributed by atoms with van der Waals surface area (Å²) in [6.07, 6.45) is 5.32. The van der Waals surface area contributed by atoms with Gasteiger partial charge in [0, 0.05) is 30.8 Å². The third-order valence-electron chi connectivity index (χ3n) is 8.57. The molecule has 12 heteroatoms. The molecule has 1 aromatic rings. The summed E-state index contributed by atoms with van der Waals surface area (Å²) in [7, 11) is 0. The third kappa shape index (κ3) is 12.4. The second-order valence-corrected chi connectivity index (χ2v) is 14.0. The molecule has 0 aromatic heterocycles. The van der Waals surface area contributed by atoms with Gasteiger partial charge in [0.2, 0.25) is 11.8 Å². The molecule has 10 nitrogen and oxygen atoms in total. The number of ether oxygens (including phenoxy) is 3. The van der Waals surface area contributed by atoms with Crippen LogP contribution in [0.15, 0.2) is 29.8 Å². The molecule has 0 unspecified atom stereocenters. The Kier molecular flexibility index (Phi) is 15.3. The van der Waals surface area contributed by atoms with E-state index in [-0.39, 0.29) is 36.6 Å². The molecule has 4 atom stereocenters. The fourth-order valence-corrected chi connectivity index (χ4v) is 6.16. The van der Waals surface area contributed by atoms with Crippen LogP contribution in [0.3, 0.4) is 0 Å². The van der Waals surface area contributed by atoms with E-state index in [0.717, 1.165) is 56.7 Å². The van der Waals surface area contributed by atoms with Gasteiger partial charge in [-0.3, -0.25) is 14.5 Å². The van der Waals surface area contributed by atoms with Crippen molar-refractivity contribution < 1.29 is 42.5 Å². The normalized spacial score (nSPS) is 20.6. The Bertz CT molecular complexity index is 1220. The van der Waals surface area contributed by atoms with Crippen LogP contribution in [-0.4, -0.2) is 95.7 Å². The molecule has 1 heterocycles. The highest BCUT2D eigenvalue weighted by Crippen LogP contribution is 2.27. The minimum atomic E-state index is -1.47. The minimum absolute atomic E-state index is 0.0310. The number of halogens is 2. The molecule has 270 valence electrons. The molecule has 3 amide bonds. The van der Waals surface area contributed by atoms with Crippen LogP contribution < -0.4 is 5.32 Å². The van der Waals surface area contributed by atoms with Gasteiger partial charge in [0.1, 0.15) is 17.2 Å². The molecule has 1 aromatic carbocycles. The van der Waals surface area contributed by atoms with Crippen LogP contribution in [0.2, 0.25) is 0 Å². The molecule has 2 aliphatic rings. The van der Waals surface area contributed by atoms with E-state index in [2.05, 4.69) is 5.32 Å². The number of nitrogens with zero attached hydrogens (tertiary/aromatic N) is 2. The summed E-state index contributed by atoms with van der Waals surface area (Å²) < 4.78 is 46.2. The molecule has 0 spiro atoms. The van der Waals surface area contributed by atoms with Crippen LogP contribution in [-0.2, 0) is 30.2 Å². The summed E-state index contributed by atoms with van der Waals surface area (Å²) in [4.78, 5) is 42.9. The van der Waals surface area contributed by atoms with Gasteiger partial charge in [0.15, 0.2) is 6.29 Å². The second kappa shape index (κ2) is 18.6. The van der Waals surface area contributed by atoms with Crippen molar-refractivity contribution in [2.24, 2.45) is 5.92 Å². The molecule has 0 radical (unpaired) electrons. The average Bonchev–Trinajstić information content (AvgIpc) is 3.02. The highest BCUT2D eigenvalue weighted by atomic mass is 19.1. The van der Waals surface area contributed by atoms with Gasteiger partial charge < -0.3 is 29.5 Å². The predicted octanol–water partition coefficient (Wildman–Crippen LogP) is 5.51. The lowest BCUT2D eigenvalue weighted by molar-refractivity contribution is -0.208. The first kappa shape index (κ1) is 39.3. The summed E-state index contributed by atoms with van der Waals surface area (Å²) in [6, 6.07) is 0.822. The third-order valence-corrected chi connectivity index (χ3v) is 8.57. The smallest absolute Gasteiger partial charge is 0.410 e. The van der Waals surface area contributed by atoms with Crippen LogP contribution in [0.1, 0.15) is 92.1 Å². The lowest BCUT2D eigenvalue weighted by Crippen LogP contribution is -2.63. The monoisotopic (exact) mass is 679 g/mol. The highest BCUT2D eigenvalue weighted by molar-refractivity contribution is 6.00. The van der Waals surface area contributed by atoms with Crippen molar-refractivity contribution in [3.05, 3.63) is 47.0 Å². The van der Waals surface area contributed by atoms with E-state index in [1.54, 1.807) is 25.7 Å². The fourth-order valence-electron chi connectivity index (χ4n) is 6.16. The standard InChI is InChI=1S/C36H55F2N3O7/c1-7-14-40(15-8-2)31(42)16-24(3)34(44)39-29(19-26-17-27(37)20-28(38)18-26)33(43)30-23-47-32(46-22-25-12-10-9-11-13-25)21-41(30)35(45)48-36(4,5)6/h16-18,20,25,29-30,32-33,43H,7-15,19,21-23H2,1-6H3,(H,39,44)/b24-16+/t29-,30+,32+,33-/m0/s1. The van der Waals surface area contributed by atoms with E-state index in [1.807, 2.05) is 13.8 Å². The van der Waals surface area contributed by atoms with E-state index < -0.39 is 53.7 Å². The van der Waals surface area contributed by atoms with Gasteiger partial charge in [-0.1, -0.05) is 33.1 Å². The van der Waals surface area contributed by atoms with Gasteiger partial charge in [-0.25, -0.2) is 13.6 Å². The number of benzene rings is 1. The summed E-state index contributed by atoms with van der Waals surface area (Å²) in [5.74, 6) is -2.18. The number of amides is 3. The van der Waals surface area contributed by atoms with E-state index in [1.165, 1.54) is 24.3 Å². The Balaban J connectivity index is 1.87. The van der Waals surface area contributed by atoms with Crippen molar-refractivity contribution in [1.29, 1.82) is 0 Å². The number of aliphatic hydroxyl groups excluding tert-OH is 1. The van der Waals surface area contributed by atoms with E-state index in [0.29, 0.717) is 25.6 Å². The number of carbonyl (C=O) groups excluding carboxylic acids is 3. The number of morpholine rings is 1. The van der Waals surface area contributed by atoms with Gasteiger partial charge in [-0.15, -0.1) is 0 Å². The predicted molar refractivity (Wildman–Crippen MR) is 178 cm³/mol. The number of carbonyl (C=O) groups is 3. The second-order valence-electron chi connectivity index (χ2n) is 14.0. The molecule has 3 rings (SSSR count). The zero-order valence-electron chi connectivity index (χ0n) is 29.4. The number of rotatable bonds is 14. The van der Waals surface area contributed by atoms with Crippen molar-refractivity contribution in [2.75, 3.05) is 32.8 Å². The molecular weight excluding hydrogens is 624 g/mol. The maximum atomic E-state index is 14.2. The number of nitrogens with one attached hydrogen (secondary N) is 1. The molecule has 2 fully saturated rings. The maximum Gasteiger partial charge on any atom is 0.410 e. The van der Waals surface area contributed by atoms with E-state index in [4.69, 9.17) is 14.2 Å². The van der Waals surface area contributed by atoms with Gasteiger partial charge in [0.25, 0.3) is 0 Å². The summed E-state index contributed by atoms with van der Waals surface area (Å²) in [5, 5.41) is 14.6. The average molecular weight is 680 g/mol. The Morgan fingerprint density at radius 3 is 2.29 bits per heavy atom. The van der Waals surface area contributed by atoms with E-state index in [9.17, 15) is 28.3 Å². The molecule has 1 saturated carbocycles. The first-order valence-electron chi connectivity index (χ1n) is 17.3.